The van der Waals surface area contributed by atoms with Crippen molar-refractivity contribution in [3.63, 3.8) is 0 Å². The van der Waals surface area contributed by atoms with Gasteiger partial charge in [-0.2, -0.15) is 0 Å². The van der Waals surface area contributed by atoms with Crippen molar-refractivity contribution in [2.45, 2.75) is 39.2 Å². The number of nitrogens with zero attached hydrogens (tertiary/aromatic N) is 1. The van der Waals surface area contributed by atoms with Gasteiger partial charge in [-0.3, -0.25) is 4.79 Å². The van der Waals surface area contributed by atoms with E-state index < -0.39 is 0 Å². The second kappa shape index (κ2) is 4.72. The van der Waals surface area contributed by atoms with E-state index in [1.54, 1.807) is 0 Å². The van der Waals surface area contributed by atoms with Crippen LogP contribution in [-0.2, 0) is 11.3 Å². The van der Waals surface area contributed by atoms with Gasteiger partial charge < -0.3 is 9.30 Å². The summed E-state index contributed by atoms with van der Waals surface area (Å²) in [6.07, 6.45) is 8.36. The molecule has 0 spiro atoms. The summed E-state index contributed by atoms with van der Waals surface area (Å²) in [6.45, 7) is 7.30. The van der Waals surface area contributed by atoms with E-state index in [-0.39, 0.29) is 5.43 Å². The van der Waals surface area contributed by atoms with Gasteiger partial charge in [0.1, 0.15) is 5.76 Å². The fourth-order valence-electron chi connectivity index (χ4n) is 3.11. The highest BCUT2D eigenvalue weighted by molar-refractivity contribution is 5.59. The molecule has 0 fully saturated rings. The van der Waals surface area contributed by atoms with E-state index in [0.29, 0.717) is 17.9 Å². The minimum Gasteiger partial charge on any atom is -0.494 e. The van der Waals surface area contributed by atoms with E-state index in [4.69, 9.17) is 4.74 Å². The average Bonchev–Trinajstić information content (AvgIpc) is 2.43. The molecular weight excluding hydrogens is 238 g/mol. The molecule has 1 aliphatic heterocycles. The molecule has 0 saturated heterocycles. The van der Waals surface area contributed by atoms with E-state index in [9.17, 15) is 4.79 Å². The lowest BCUT2D eigenvalue weighted by molar-refractivity contribution is 0.298. The maximum absolute atomic E-state index is 12.6. The topological polar surface area (TPSA) is 31.2 Å². The van der Waals surface area contributed by atoms with E-state index >= 15 is 0 Å². The Morgan fingerprint density at radius 2 is 2.32 bits per heavy atom. The van der Waals surface area contributed by atoms with Gasteiger partial charge in [0.25, 0.3) is 0 Å². The van der Waals surface area contributed by atoms with E-state index in [1.165, 1.54) is 5.57 Å². The molecule has 0 saturated carbocycles. The maximum atomic E-state index is 12.6. The van der Waals surface area contributed by atoms with Gasteiger partial charge in [0.15, 0.2) is 5.43 Å². The summed E-state index contributed by atoms with van der Waals surface area (Å²) in [5.41, 5.74) is 2.12. The van der Waals surface area contributed by atoms with Crippen molar-refractivity contribution >= 4 is 17.4 Å². The highest BCUT2D eigenvalue weighted by atomic mass is 16.5. The zero-order valence-electron chi connectivity index (χ0n) is 11.4. The SMILES string of the molecule is C=C(OCC)c1cn2c3c(c1=O)=CCCC=3CCC2. The molecule has 0 amide bonds. The Morgan fingerprint density at radius 1 is 1.47 bits per heavy atom. The second-order valence-electron chi connectivity index (χ2n) is 5.13. The number of aryl methyl sites for hydroxylation is 1. The molecule has 0 unspecified atom stereocenters. The molecule has 0 bridgehead atoms. The lowest BCUT2D eigenvalue weighted by Crippen LogP contribution is -2.50. The van der Waals surface area contributed by atoms with Gasteiger partial charge in [0, 0.05) is 18.0 Å². The largest absolute Gasteiger partial charge is 0.494 e. The molecular formula is C16H19NO2. The molecule has 0 radical (unpaired) electrons. The third-order valence-electron chi connectivity index (χ3n) is 3.94. The molecule has 3 rings (SSSR count). The van der Waals surface area contributed by atoms with Crippen LogP contribution in [0.15, 0.2) is 17.6 Å². The predicted molar refractivity (Wildman–Crippen MR) is 77.0 cm³/mol. The lowest BCUT2D eigenvalue weighted by atomic mass is 9.95. The molecule has 100 valence electrons. The summed E-state index contributed by atoms with van der Waals surface area (Å²) in [6, 6.07) is 0. The third kappa shape index (κ3) is 1.93. The number of rotatable bonds is 3. The molecule has 1 aliphatic carbocycles. The Morgan fingerprint density at radius 3 is 3.11 bits per heavy atom. The van der Waals surface area contributed by atoms with Crippen LogP contribution in [0.2, 0.25) is 0 Å². The molecule has 0 aromatic carbocycles. The van der Waals surface area contributed by atoms with Crippen molar-refractivity contribution < 1.29 is 4.74 Å². The number of hydrogen-bond acceptors (Lipinski definition) is 2. The second-order valence-corrected chi connectivity index (χ2v) is 5.13. The van der Waals surface area contributed by atoms with Gasteiger partial charge in [-0.1, -0.05) is 12.7 Å². The van der Waals surface area contributed by atoms with Gasteiger partial charge in [0.2, 0.25) is 0 Å². The van der Waals surface area contributed by atoms with Gasteiger partial charge in [-0.05, 0) is 38.2 Å². The van der Waals surface area contributed by atoms with Crippen molar-refractivity contribution in [1.82, 2.24) is 4.57 Å². The van der Waals surface area contributed by atoms with Crippen molar-refractivity contribution in [3.8, 4) is 0 Å². The van der Waals surface area contributed by atoms with E-state index in [2.05, 4.69) is 17.2 Å². The molecule has 3 nitrogen and oxygen atoms in total. The van der Waals surface area contributed by atoms with Crippen molar-refractivity contribution in [1.29, 1.82) is 0 Å². The highest BCUT2D eigenvalue weighted by Crippen LogP contribution is 2.18. The molecule has 2 aliphatic rings. The van der Waals surface area contributed by atoms with Crippen LogP contribution in [0.25, 0.3) is 17.4 Å². The Balaban J connectivity index is 2.32. The molecule has 2 heterocycles. The van der Waals surface area contributed by atoms with Crippen LogP contribution in [-0.4, -0.2) is 11.2 Å². The summed E-state index contributed by atoms with van der Waals surface area (Å²) in [7, 11) is 0. The predicted octanol–water partition coefficient (Wildman–Crippen LogP) is 1.37. The number of aromatic nitrogens is 1. The van der Waals surface area contributed by atoms with Crippen molar-refractivity contribution in [2.75, 3.05) is 6.61 Å². The first kappa shape index (κ1) is 12.3. The number of pyridine rings is 1. The third-order valence-corrected chi connectivity index (χ3v) is 3.94. The van der Waals surface area contributed by atoms with Gasteiger partial charge in [-0.25, -0.2) is 0 Å². The normalized spacial score (nSPS) is 16.6. The van der Waals surface area contributed by atoms with Gasteiger partial charge >= 0.3 is 0 Å². The zero-order chi connectivity index (χ0) is 13.4. The Kier molecular flexibility index (Phi) is 3.05. The summed E-state index contributed by atoms with van der Waals surface area (Å²) in [4.78, 5) is 12.6. The smallest absolute Gasteiger partial charge is 0.199 e. The summed E-state index contributed by atoms with van der Waals surface area (Å²) in [5, 5.41) is 2.02. The fourth-order valence-corrected chi connectivity index (χ4v) is 3.11. The minimum absolute atomic E-state index is 0.0730. The molecule has 19 heavy (non-hydrogen) atoms. The number of ether oxygens (including phenoxy) is 1. The monoisotopic (exact) mass is 257 g/mol. The van der Waals surface area contributed by atoms with Crippen LogP contribution in [0.4, 0.5) is 0 Å². The molecule has 3 heteroatoms. The zero-order valence-corrected chi connectivity index (χ0v) is 11.4. The van der Waals surface area contributed by atoms with Crippen LogP contribution in [0.5, 0.6) is 0 Å². The summed E-state index contributed by atoms with van der Waals surface area (Å²) >= 11 is 0. The van der Waals surface area contributed by atoms with Crippen LogP contribution >= 0.6 is 0 Å². The fraction of sp³-hybridized carbons (Fsp3) is 0.438. The highest BCUT2D eigenvalue weighted by Gasteiger charge is 2.17. The van der Waals surface area contributed by atoms with Crippen molar-refractivity contribution in [2.24, 2.45) is 0 Å². The maximum Gasteiger partial charge on any atom is 0.199 e. The molecule has 0 N–H and O–H groups in total. The minimum atomic E-state index is 0.0730. The van der Waals surface area contributed by atoms with Crippen LogP contribution < -0.4 is 16.0 Å². The quantitative estimate of drug-likeness (QED) is 0.766. The first-order valence-electron chi connectivity index (χ1n) is 7.00. The lowest BCUT2D eigenvalue weighted by Gasteiger charge is -2.22. The van der Waals surface area contributed by atoms with Gasteiger partial charge in [-0.15, -0.1) is 0 Å². The Bertz CT molecular complexity index is 709. The van der Waals surface area contributed by atoms with E-state index in [1.807, 2.05) is 13.1 Å². The van der Waals surface area contributed by atoms with Gasteiger partial charge in [0.05, 0.1) is 17.5 Å². The van der Waals surface area contributed by atoms with E-state index in [0.717, 1.165) is 42.8 Å². The van der Waals surface area contributed by atoms with Crippen LogP contribution in [0.1, 0.15) is 38.2 Å². The van der Waals surface area contributed by atoms with Crippen LogP contribution in [0.3, 0.4) is 0 Å². The number of hydrogen-bond donors (Lipinski definition) is 0. The summed E-state index contributed by atoms with van der Waals surface area (Å²) < 4.78 is 7.63. The molecule has 0 atom stereocenters. The average molecular weight is 257 g/mol. The molecule has 1 aromatic heterocycles. The van der Waals surface area contributed by atoms with Crippen molar-refractivity contribution in [3.05, 3.63) is 39.1 Å². The summed E-state index contributed by atoms with van der Waals surface area (Å²) in [5.74, 6) is 0.491. The molecule has 1 aromatic rings. The standard InChI is InChI=1S/C16H19NO2/c1-3-19-11(2)14-10-17-9-5-7-12-6-4-8-13(15(12)17)16(14)18/h8,10H,2-7,9H2,1H3. The van der Waals surface area contributed by atoms with Crippen LogP contribution in [0, 0.1) is 0 Å². The Labute approximate surface area is 112 Å². The first-order chi connectivity index (χ1) is 9.22. The Hall–Kier alpha value is -1.77. The first-order valence-corrected chi connectivity index (χ1v) is 7.00.